The van der Waals surface area contributed by atoms with Crippen molar-refractivity contribution in [3.63, 3.8) is 0 Å². The molecular formula is C26H32N4O2S. The summed E-state index contributed by atoms with van der Waals surface area (Å²) in [5, 5.41) is 8.25. The van der Waals surface area contributed by atoms with Gasteiger partial charge in [0, 0.05) is 38.6 Å². The number of piperidine rings is 1. The minimum Gasteiger partial charge on any atom is -0.342 e. The molecule has 33 heavy (non-hydrogen) atoms. The summed E-state index contributed by atoms with van der Waals surface area (Å²) in [6, 6.07) is 12.4. The van der Waals surface area contributed by atoms with Crippen molar-refractivity contribution in [1.29, 1.82) is 0 Å². The van der Waals surface area contributed by atoms with Gasteiger partial charge in [-0.05, 0) is 71.7 Å². The normalized spacial score (nSPS) is 15.4. The van der Waals surface area contributed by atoms with Gasteiger partial charge in [0.25, 0.3) is 0 Å². The van der Waals surface area contributed by atoms with Crippen LogP contribution in [-0.2, 0) is 29.0 Å². The van der Waals surface area contributed by atoms with Gasteiger partial charge in [-0.3, -0.25) is 14.3 Å². The molecule has 0 saturated carbocycles. The molecule has 0 spiro atoms. The Morgan fingerprint density at radius 3 is 2.64 bits per heavy atom. The lowest BCUT2D eigenvalue weighted by Gasteiger charge is -2.40. The van der Waals surface area contributed by atoms with E-state index in [-0.39, 0.29) is 24.4 Å². The highest BCUT2D eigenvalue weighted by Gasteiger charge is 2.33. The van der Waals surface area contributed by atoms with Crippen molar-refractivity contribution in [2.45, 2.75) is 45.2 Å². The Morgan fingerprint density at radius 1 is 1.18 bits per heavy atom. The van der Waals surface area contributed by atoms with Crippen LogP contribution in [0, 0.1) is 12.8 Å². The third-order valence-electron chi connectivity index (χ3n) is 6.81. The van der Waals surface area contributed by atoms with Crippen LogP contribution >= 0.6 is 11.3 Å². The summed E-state index contributed by atoms with van der Waals surface area (Å²) in [6.45, 7) is 3.87. The molecule has 4 rings (SSSR count). The van der Waals surface area contributed by atoms with Crippen LogP contribution in [0.15, 0.2) is 59.6 Å². The second-order valence-corrected chi connectivity index (χ2v) is 9.71. The van der Waals surface area contributed by atoms with Crippen LogP contribution in [0.1, 0.15) is 29.5 Å². The topological polar surface area (TPSA) is 58.4 Å². The molecule has 0 aliphatic carbocycles. The lowest BCUT2D eigenvalue weighted by Crippen LogP contribution is -2.49. The Bertz CT molecular complexity index is 1040. The van der Waals surface area contributed by atoms with Crippen LogP contribution in [-0.4, -0.2) is 57.6 Å². The van der Waals surface area contributed by atoms with E-state index >= 15 is 0 Å². The molecule has 0 unspecified atom stereocenters. The quantitative estimate of drug-likeness (QED) is 0.509. The number of likely N-dealkylation sites (N-methyl/N-ethyl adjacent to an activating group) is 1. The lowest BCUT2D eigenvalue weighted by molar-refractivity contribution is -0.136. The van der Waals surface area contributed by atoms with Crippen LogP contribution in [0.4, 0.5) is 0 Å². The SMILES string of the molecule is Cc1ccccc1C[C@@H](C1CCN(C(=O)Cc2ccsc2)CC1)N(C)C(=O)Cn1cccn1. The summed E-state index contributed by atoms with van der Waals surface area (Å²) in [4.78, 5) is 29.8. The number of aryl methyl sites for hydroxylation is 1. The summed E-state index contributed by atoms with van der Waals surface area (Å²) in [5.74, 6) is 0.611. The number of carbonyl (C=O) groups excluding carboxylic acids is 2. The maximum absolute atomic E-state index is 13.1. The number of likely N-dealkylation sites (tertiary alicyclic amines) is 1. The Kier molecular flexibility index (Phi) is 7.60. The van der Waals surface area contributed by atoms with E-state index in [4.69, 9.17) is 0 Å². The molecule has 1 aliphatic heterocycles. The highest BCUT2D eigenvalue weighted by molar-refractivity contribution is 7.08. The molecule has 1 saturated heterocycles. The lowest BCUT2D eigenvalue weighted by atomic mass is 9.84. The summed E-state index contributed by atoms with van der Waals surface area (Å²) >= 11 is 1.63. The van der Waals surface area contributed by atoms with E-state index in [1.54, 1.807) is 22.2 Å². The molecule has 1 aliphatic rings. The van der Waals surface area contributed by atoms with Crippen LogP contribution < -0.4 is 0 Å². The number of nitrogens with zero attached hydrogens (tertiary/aromatic N) is 4. The molecule has 0 bridgehead atoms. The van der Waals surface area contributed by atoms with Gasteiger partial charge in [-0.2, -0.15) is 16.4 Å². The number of aromatic nitrogens is 2. The van der Waals surface area contributed by atoms with Crippen molar-refractivity contribution >= 4 is 23.2 Å². The molecule has 7 heteroatoms. The number of hydrogen-bond acceptors (Lipinski definition) is 4. The van der Waals surface area contributed by atoms with Gasteiger partial charge < -0.3 is 9.80 Å². The fourth-order valence-corrected chi connectivity index (χ4v) is 5.40. The van der Waals surface area contributed by atoms with E-state index in [0.29, 0.717) is 12.3 Å². The van der Waals surface area contributed by atoms with E-state index in [1.807, 2.05) is 45.9 Å². The number of rotatable bonds is 8. The molecule has 3 heterocycles. The third kappa shape index (κ3) is 5.90. The monoisotopic (exact) mass is 464 g/mol. The zero-order chi connectivity index (χ0) is 23.2. The average molecular weight is 465 g/mol. The standard InChI is InChI=1S/C26H32N4O2S/c1-20-6-3-4-7-23(20)17-24(28(2)26(32)18-30-12-5-11-27-30)22-8-13-29(14-9-22)25(31)16-21-10-15-33-19-21/h3-7,10-12,15,19,22,24H,8-9,13-14,16-18H2,1-2H3/t24-/m0/s1. The number of amides is 2. The van der Waals surface area contributed by atoms with Crippen LogP contribution in [0.25, 0.3) is 0 Å². The molecule has 174 valence electrons. The zero-order valence-corrected chi connectivity index (χ0v) is 20.2. The van der Waals surface area contributed by atoms with E-state index in [2.05, 4.69) is 36.3 Å². The number of thiophene rings is 1. The second kappa shape index (κ2) is 10.8. The summed E-state index contributed by atoms with van der Waals surface area (Å²) < 4.78 is 1.68. The van der Waals surface area contributed by atoms with Crippen molar-refractivity contribution in [2.24, 2.45) is 5.92 Å². The summed E-state index contributed by atoms with van der Waals surface area (Å²) in [6.07, 6.45) is 6.63. The van der Waals surface area contributed by atoms with Crippen LogP contribution in [0.5, 0.6) is 0 Å². The van der Waals surface area contributed by atoms with E-state index < -0.39 is 0 Å². The van der Waals surface area contributed by atoms with Gasteiger partial charge in [-0.25, -0.2) is 0 Å². The summed E-state index contributed by atoms with van der Waals surface area (Å²) in [7, 11) is 1.92. The van der Waals surface area contributed by atoms with Gasteiger partial charge in [0.15, 0.2) is 0 Å². The molecule has 1 fully saturated rings. The van der Waals surface area contributed by atoms with Gasteiger partial charge in [0.2, 0.25) is 11.8 Å². The molecule has 2 aromatic heterocycles. The molecule has 1 aromatic carbocycles. The highest BCUT2D eigenvalue weighted by Crippen LogP contribution is 2.28. The minimum atomic E-state index is 0.0632. The molecular weight excluding hydrogens is 432 g/mol. The van der Waals surface area contributed by atoms with Gasteiger partial charge in [0.05, 0.1) is 6.42 Å². The first kappa shape index (κ1) is 23.2. The fourth-order valence-electron chi connectivity index (χ4n) is 4.73. The zero-order valence-electron chi connectivity index (χ0n) is 19.4. The first-order chi connectivity index (χ1) is 16.0. The van der Waals surface area contributed by atoms with Crippen molar-refractivity contribution in [2.75, 3.05) is 20.1 Å². The smallest absolute Gasteiger partial charge is 0.244 e. The number of hydrogen-bond donors (Lipinski definition) is 0. The van der Waals surface area contributed by atoms with Crippen LogP contribution in [0.3, 0.4) is 0 Å². The van der Waals surface area contributed by atoms with Gasteiger partial charge >= 0.3 is 0 Å². The van der Waals surface area contributed by atoms with Crippen LogP contribution in [0.2, 0.25) is 0 Å². The third-order valence-corrected chi connectivity index (χ3v) is 7.54. The van der Waals surface area contributed by atoms with Crippen molar-refractivity contribution in [1.82, 2.24) is 19.6 Å². The highest BCUT2D eigenvalue weighted by atomic mass is 32.1. The largest absolute Gasteiger partial charge is 0.342 e. The van der Waals surface area contributed by atoms with Gasteiger partial charge in [0.1, 0.15) is 6.54 Å². The maximum Gasteiger partial charge on any atom is 0.244 e. The molecule has 6 nitrogen and oxygen atoms in total. The van der Waals surface area contributed by atoms with Crippen molar-refractivity contribution in [3.8, 4) is 0 Å². The summed E-state index contributed by atoms with van der Waals surface area (Å²) in [5.41, 5.74) is 3.62. The van der Waals surface area contributed by atoms with E-state index in [1.165, 1.54) is 11.1 Å². The second-order valence-electron chi connectivity index (χ2n) is 8.93. The molecule has 2 amide bonds. The van der Waals surface area contributed by atoms with E-state index in [0.717, 1.165) is 37.9 Å². The Balaban J connectivity index is 1.44. The van der Waals surface area contributed by atoms with E-state index in [9.17, 15) is 9.59 Å². The predicted octanol–water partition coefficient (Wildman–Crippen LogP) is 3.80. The van der Waals surface area contributed by atoms with Gasteiger partial charge in [-0.15, -0.1) is 0 Å². The molecule has 3 aromatic rings. The minimum absolute atomic E-state index is 0.0632. The molecule has 1 atom stereocenters. The Morgan fingerprint density at radius 2 is 1.97 bits per heavy atom. The van der Waals surface area contributed by atoms with Crippen molar-refractivity contribution in [3.05, 3.63) is 76.2 Å². The first-order valence-electron chi connectivity index (χ1n) is 11.6. The molecule has 0 N–H and O–H groups in total. The predicted molar refractivity (Wildman–Crippen MR) is 131 cm³/mol. The Hall–Kier alpha value is -2.93. The Labute approximate surface area is 199 Å². The number of carbonyl (C=O) groups is 2. The van der Waals surface area contributed by atoms with Crippen molar-refractivity contribution < 1.29 is 9.59 Å². The van der Waals surface area contributed by atoms with Gasteiger partial charge in [-0.1, -0.05) is 24.3 Å². The maximum atomic E-state index is 13.1. The number of benzene rings is 1. The molecule has 0 radical (unpaired) electrons. The fraction of sp³-hybridized carbons (Fsp3) is 0.423. The first-order valence-corrected chi connectivity index (χ1v) is 12.5. The average Bonchev–Trinajstić information content (AvgIpc) is 3.53.